The second-order valence-electron chi connectivity index (χ2n) is 6.73. The van der Waals surface area contributed by atoms with Crippen LogP contribution in [0, 0.1) is 5.82 Å². The zero-order chi connectivity index (χ0) is 15.8. The number of alkyl halides is 1. The lowest BCUT2D eigenvalue weighted by Crippen LogP contribution is -2.53. The Kier molecular flexibility index (Phi) is 4.07. The van der Waals surface area contributed by atoms with Crippen LogP contribution in [0.5, 0.6) is 0 Å². The number of nitrogens with zero attached hydrogens (tertiary/aromatic N) is 2. The van der Waals surface area contributed by atoms with E-state index in [1.165, 1.54) is 6.07 Å². The maximum atomic E-state index is 14.8. The number of hydrogen-bond donors (Lipinski definition) is 1. The van der Waals surface area contributed by atoms with Crippen LogP contribution in [0.1, 0.15) is 25.3 Å². The van der Waals surface area contributed by atoms with Crippen LogP contribution in [0.4, 0.5) is 8.78 Å². The molecule has 0 amide bonds. The fourth-order valence-corrected chi connectivity index (χ4v) is 4.23. The largest absolute Gasteiger partial charge is 0.344 e. The lowest BCUT2D eigenvalue weighted by atomic mass is 9.88. The highest BCUT2D eigenvalue weighted by molar-refractivity contribution is 5.80. The van der Waals surface area contributed by atoms with Crippen molar-refractivity contribution in [2.24, 2.45) is 0 Å². The van der Waals surface area contributed by atoms with Crippen molar-refractivity contribution in [1.82, 2.24) is 14.8 Å². The molecule has 0 bridgehead atoms. The van der Waals surface area contributed by atoms with Gasteiger partial charge in [-0.15, -0.1) is 0 Å². The Morgan fingerprint density at radius 2 is 1.91 bits per heavy atom. The lowest BCUT2D eigenvalue weighted by Gasteiger charge is -2.41. The van der Waals surface area contributed by atoms with Crippen LogP contribution in [-0.4, -0.2) is 47.9 Å². The summed E-state index contributed by atoms with van der Waals surface area (Å²) in [6.45, 7) is 3.78. The van der Waals surface area contributed by atoms with Gasteiger partial charge in [-0.2, -0.15) is 0 Å². The van der Waals surface area contributed by atoms with E-state index in [9.17, 15) is 8.78 Å². The summed E-state index contributed by atoms with van der Waals surface area (Å²) in [4.78, 5) is 2.30. The quantitative estimate of drug-likeness (QED) is 0.918. The third-order valence-corrected chi connectivity index (χ3v) is 5.43. The van der Waals surface area contributed by atoms with Gasteiger partial charge < -0.3 is 9.88 Å². The Labute approximate surface area is 135 Å². The number of benzene rings is 1. The molecule has 5 heteroatoms. The number of piperazine rings is 1. The lowest BCUT2D eigenvalue weighted by molar-refractivity contribution is 0.0504. The summed E-state index contributed by atoms with van der Waals surface area (Å²) in [6, 6.07) is 7.11. The van der Waals surface area contributed by atoms with Crippen molar-refractivity contribution < 1.29 is 8.78 Å². The minimum absolute atomic E-state index is 0.0481. The molecular weight excluding hydrogens is 296 g/mol. The van der Waals surface area contributed by atoms with Crippen molar-refractivity contribution in [3.05, 3.63) is 36.3 Å². The fraction of sp³-hybridized carbons (Fsp3) is 0.556. The van der Waals surface area contributed by atoms with Gasteiger partial charge in [0.05, 0.1) is 5.52 Å². The maximum Gasteiger partial charge on any atom is 0.132 e. The van der Waals surface area contributed by atoms with Gasteiger partial charge in [0.2, 0.25) is 0 Å². The molecule has 1 aliphatic heterocycles. The van der Waals surface area contributed by atoms with Crippen LogP contribution in [0.15, 0.2) is 30.5 Å². The summed E-state index contributed by atoms with van der Waals surface area (Å²) in [5.74, 6) is -0.201. The van der Waals surface area contributed by atoms with Gasteiger partial charge in [-0.1, -0.05) is 6.07 Å². The Morgan fingerprint density at radius 1 is 1.09 bits per heavy atom. The minimum Gasteiger partial charge on any atom is -0.344 e. The summed E-state index contributed by atoms with van der Waals surface area (Å²) in [5.41, 5.74) is 0.878. The van der Waals surface area contributed by atoms with Crippen molar-refractivity contribution in [3.8, 4) is 0 Å². The van der Waals surface area contributed by atoms with Crippen LogP contribution >= 0.6 is 0 Å². The number of nitrogens with one attached hydrogen (secondary N) is 1. The van der Waals surface area contributed by atoms with Gasteiger partial charge in [0, 0.05) is 56.3 Å². The SMILES string of the molecule is Fc1cccc2c1ccn2[C@@H]1CC[C@H](N2CCNCC2)[C@@H](F)C1. The first-order chi connectivity index (χ1) is 11.2. The molecule has 3 nitrogen and oxygen atoms in total. The van der Waals surface area contributed by atoms with Crippen LogP contribution in [0.2, 0.25) is 0 Å². The predicted octanol–water partition coefficient (Wildman–Crippen LogP) is 3.12. The standard InChI is InChI=1S/C18H23F2N3/c19-15-2-1-3-17-14(15)6-9-23(17)13-4-5-18(16(20)12-13)22-10-7-21-8-11-22/h1-3,6,9,13,16,18,21H,4-5,7-8,10-12H2/t13-,16+,18+/m1/s1. The average molecular weight is 319 g/mol. The molecule has 1 N–H and O–H groups in total. The molecule has 23 heavy (non-hydrogen) atoms. The summed E-state index contributed by atoms with van der Waals surface area (Å²) in [7, 11) is 0. The first-order valence-corrected chi connectivity index (χ1v) is 8.58. The van der Waals surface area contributed by atoms with Crippen molar-refractivity contribution in [2.75, 3.05) is 26.2 Å². The first kappa shape index (κ1) is 15.1. The summed E-state index contributed by atoms with van der Waals surface area (Å²) >= 11 is 0. The van der Waals surface area contributed by atoms with E-state index in [1.54, 1.807) is 12.1 Å². The van der Waals surface area contributed by atoms with Gasteiger partial charge in [-0.05, 0) is 31.0 Å². The van der Waals surface area contributed by atoms with Crippen LogP contribution in [0.25, 0.3) is 10.9 Å². The predicted molar refractivity (Wildman–Crippen MR) is 87.9 cm³/mol. The second-order valence-corrected chi connectivity index (χ2v) is 6.73. The summed E-state index contributed by atoms with van der Waals surface area (Å²) in [5, 5.41) is 3.95. The molecule has 0 spiro atoms. The Bertz CT molecular complexity index is 678. The molecule has 2 heterocycles. The highest BCUT2D eigenvalue weighted by Gasteiger charge is 2.35. The monoisotopic (exact) mass is 319 g/mol. The molecule has 2 aliphatic rings. The van der Waals surface area contributed by atoms with Crippen LogP contribution in [-0.2, 0) is 0 Å². The highest BCUT2D eigenvalue weighted by atomic mass is 19.1. The Morgan fingerprint density at radius 3 is 2.70 bits per heavy atom. The van der Waals surface area contributed by atoms with E-state index >= 15 is 0 Å². The van der Waals surface area contributed by atoms with Crippen LogP contribution in [0.3, 0.4) is 0 Å². The average Bonchev–Trinajstić information content (AvgIpc) is 3.01. The second kappa shape index (κ2) is 6.21. The van der Waals surface area contributed by atoms with E-state index in [0.29, 0.717) is 11.8 Å². The molecule has 0 radical (unpaired) electrons. The van der Waals surface area contributed by atoms with E-state index in [2.05, 4.69) is 14.8 Å². The fourth-order valence-electron chi connectivity index (χ4n) is 4.23. The van der Waals surface area contributed by atoms with Gasteiger partial charge in [0.1, 0.15) is 12.0 Å². The number of halogens is 2. The van der Waals surface area contributed by atoms with Gasteiger partial charge in [0.25, 0.3) is 0 Å². The Balaban J connectivity index is 1.52. The third kappa shape index (κ3) is 2.76. The molecular formula is C18H23F2N3. The van der Waals surface area contributed by atoms with E-state index in [4.69, 9.17) is 0 Å². The van der Waals surface area contributed by atoms with E-state index in [1.807, 2.05) is 12.3 Å². The number of rotatable bonds is 2. The van der Waals surface area contributed by atoms with Gasteiger partial charge in [0.15, 0.2) is 0 Å². The molecule has 1 saturated heterocycles. The summed E-state index contributed by atoms with van der Waals surface area (Å²) < 4.78 is 30.7. The molecule has 1 aliphatic carbocycles. The number of aromatic nitrogens is 1. The molecule has 1 aromatic carbocycles. The van der Waals surface area contributed by atoms with Crippen LogP contribution < -0.4 is 5.32 Å². The maximum absolute atomic E-state index is 14.8. The number of hydrogen-bond acceptors (Lipinski definition) is 2. The Hall–Kier alpha value is -1.46. The molecule has 3 atom stereocenters. The van der Waals surface area contributed by atoms with E-state index < -0.39 is 6.17 Å². The van der Waals surface area contributed by atoms with Crippen molar-refractivity contribution >= 4 is 10.9 Å². The van der Waals surface area contributed by atoms with Crippen molar-refractivity contribution in [2.45, 2.75) is 37.5 Å². The van der Waals surface area contributed by atoms with Gasteiger partial charge in [-0.25, -0.2) is 8.78 Å². The van der Waals surface area contributed by atoms with E-state index in [0.717, 1.165) is 44.5 Å². The smallest absolute Gasteiger partial charge is 0.132 e. The molecule has 2 fully saturated rings. The zero-order valence-electron chi connectivity index (χ0n) is 13.2. The minimum atomic E-state index is -0.808. The van der Waals surface area contributed by atoms with Gasteiger partial charge in [-0.3, -0.25) is 4.90 Å². The van der Waals surface area contributed by atoms with E-state index in [-0.39, 0.29) is 17.9 Å². The van der Waals surface area contributed by atoms with Crippen molar-refractivity contribution in [3.63, 3.8) is 0 Å². The van der Waals surface area contributed by atoms with Crippen molar-refractivity contribution in [1.29, 1.82) is 0 Å². The highest BCUT2D eigenvalue weighted by Crippen LogP contribution is 2.35. The molecule has 4 rings (SSSR count). The molecule has 0 unspecified atom stereocenters. The first-order valence-electron chi connectivity index (χ1n) is 8.58. The molecule has 2 aromatic rings. The topological polar surface area (TPSA) is 20.2 Å². The summed E-state index contributed by atoms with van der Waals surface area (Å²) in [6.07, 6.45) is 3.46. The normalized spacial score (nSPS) is 29.9. The molecule has 1 aromatic heterocycles. The number of fused-ring (bicyclic) bond motifs is 1. The third-order valence-electron chi connectivity index (χ3n) is 5.43. The molecule has 1 saturated carbocycles. The zero-order valence-corrected chi connectivity index (χ0v) is 13.2. The molecule has 124 valence electrons. The van der Waals surface area contributed by atoms with Gasteiger partial charge >= 0.3 is 0 Å².